The van der Waals surface area contributed by atoms with Gasteiger partial charge in [-0.15, -0.1) is 0 Å². The van der Waals surface area contributed by atoms with E-state index in [0.29, 0.717) is 11.6 Å². The van der Waals surface area contributed by atoms with E-state index in [4.69, 9.17) is 0 Å². The van der Waals surface area contributed by atoms with E-state index in [2.05, 4.69) is 40.0 Å². The highest BCUT2D eigenvalue weighted by Crippen LogP contribution is 2.34. The first kappa shape index (κ1) is 15.0. The van der Waals surface area contributed by atoms with Crippen LogP contribution in [0.15, 0.2) is 18.5 Å². The molecule has 1 aromatic rings. The Kier molecular flexibility index (Phi) is 4.65. The molecule has 1 atom stereocenters. The van der Waals surface area contributed by atoms with E-state index in [9.17, 15) is 0 Å². The maximum atomic E-state index is 4.35. The third kappa shape index (κ3) is 3.67. The molecule has 21 heavy (non-hydrogen) atoms. The number of nitrogens with zero attached hydrogens (tertiary/aromatic N) is 3. The topological polar surface area (TPSA) is 33.1 Å². The van der Waals surface area contributed by atoms with E-state index in [0.717, 1.165) is 25.6 Å². The molecule has 0 radical (unpaired) electrons. The smallest absolute Gasteiger partial charge is 0.0536 e. The maximum Gasteiger partial charge on any atom is 0.0536 e. The van der Waals surface area contributed by atoms with Crippen molar-refractivity contribution in [2.45, 2.75) is 64.1 Å². The summed E-state index contributed by atoms with van der Waals surface area (Å²) in [5.74, 6) is 0.765. The van der Waals surface area contributed by atoms with Gasteiger partial charge in [0, 0.05) is 43.6 Å². The van der Waals surface area contributed by atoms with Gasteiger partial charge in [0.1, 0.15) is 0 Å². The first-order chi connectivity index (χ1) is 10.2. The Morgan fingerprint density at radius 1 is 1.29 bits per heavy atom. The van der Waals surface area contributed by atoms with E-state index in [1.807, 2.05) is 12.3 Å². The van der Waals surface area contributed by atoms with E-state index in [1.54, 1.807) is 0 Å². The minimum absolute atomic E-state index is 0.414. The summed E-state index contributed by atoms with van der Waals surface area (Å²) >= 11 is 0. The number of nitrogens with one attached hydrogen (secondary N) is 1. The van der Waals surface area contributed by atoms with Crippen LogP contribution in [-0.2, 0) is 6.54 Å². The molecule has 1 spiro atoms. The Balaban J connectivity index is 1.63. The Morgan fingerprint density at radius 2 is 2.10 bits per heavy atom. The number of hydrogen-bond donors (Lipinski definition) is 1. The fourth-order valence-corrected chi connectivity index (χ4v) is 4.13. The summed E-state index contributed by atoms with van der Waals surface area (Å²) < 4.78 is 2.07. The fraction of sp³-hybridized carbons (Fsp3) is 0.824. The van der Waals surface area contributed by atoms with Crippen LogP contribution in [0.3, 0.4) is 0 Å². The Labute approximate surface area is 128 Å². The Hall–Kier alpha value is -0.870. The van der Waals surface area contributed by atoms with E-state index < -0.39 is 0 Å². The van der Waals surface area contributed by atoms with Gasteiger partial charge in [0.15, 0.2) is 0 Å². The van der Waals surface area contributed by atoms with Crippen LogP contribution in [0.5, 0.6) is 0 Å². The van der Waals surface area contributed by atoms with Crippen molar-refractivity contribution < 1.29 is 0 Å². The molecule has 4 heteroatoms. The van der Waals surface area contributed by atoms with Crippen LogP contribution in [0, 0.1) is 5.92 Å². The van der Waals surface area contributed by atoms with Crippen molar-refractivity contribution >= 4 is 0 Å². The number of piperazine rings is 1. The third-order valence-electron chi connectivity index (χ3n) is 5.21. The molecule has 1 aromatic heterocycles. The fourth-order valence-electron chi connectivity index (χ4n) is 4.13. The van der Waals surface area contributed by atoms with Gasteiger partial charge in [0.2, 0.25) is 0 Å². The Bertz CT molecular complexity index is 420. The van der Waals surface area contributed by atoms with Crippen molar-refractivity contribution in [2.24, 2.45) is 5.92 Å². The van der Waals surface area contributed by atoms with Gasteiger partial charge in [-0.2, -0.15) is 5.10 Å². The minimum atomic E-state index is 0.414. The summed E-state index contributed by atoms with van der Waals surface area (Å²) in [5.41, 5.74) is 0.414. The molecule has 1 aliphatic heterocycles. The molecule has 0 bridgehead atoms. The maximum absolute atomic E-state index is 4.35. The van der Waals surface area contributed by atoms with E-state index in [-0.39, 0.29) is 0 Å². The number of aromatic nitrogens is 2. The van der Waals surface area contributed by atoms with Crippen LogP contribution >= 0.6 is 0 Å². The largest absolute Gasteiger partial charge is 0.308 e. The average molecular weight is 290 g/mol. The van der Waals surface area contributed by atoms with Crippen molar-refractivity contribution in [3.63, 3.8) is 0 Å². The molecule has 1 aliphatic carbocycles. The molecule has 2 fully saturated rings. The lowest BCUT2D eigenvalue weighted by Gasteiger charge is -2.47. The summed E-state index contributed by atoms with van der Waals surface area (Å²) in [5, 5.41) is 8.26. The molecule has 3 rings (SSSR count). The highest BCUT2D eigenvalue weighted by molar-refractivity contribution is 5.01. The quantitative estimate of drug-likeness (QED) is 0.904. The summed E-state index contributed by atoms with van der Waals surface area (Å²) in [4.78, 5) is 2.74. The van der Waals surface area contributed by atoms with Crippen molar-refractivity contribution in [3.8, 4) is 0 Å². The second kappa shape index (κ2) is 6.49. The zero-order valence-corrected chi connectivity index (χ0v) is 13.6. The van der Waals surface area contributed by atoms with E-state index in [1.165, 1.54) is 38.6 Å². The zero-order valence-electron chi connectivity index (χ0n) is 13.6. The first-order valence-corrected chi connectivity index (χ1v) is 8.63. The lowest BCUT2D eigenvalue weighted by molar-refractivity contribution is 0.0656. The van der Waals surface area contributed by atoms with Gasteiger partial charge in [-0.1, -0.05) is 26.7 Å². The highest BCUT2D eigenvalue weighted by Gasteiger charge is 2.40. The second-order valence-electron chi connectivity index (χ2n) is 7.39. The molecule has 118 valence electrons. The summed E-state index contributed by atoms with van der Waals surface area (Å²) in [6.45, 7) is 9.21. The molecule has 2 aliphatic rings. The third-order valence-corrected chi connectivity index (χ3v) is 5.21. The van der Waals surface area contributed by atoms with Crippen molar-refractivity contribution in [2.75, 3.05) is 19.6 Å². The lowest BCUT2D eigenvalue weighted by atomic mass is 9.90. The van der Waals surface area contributed by atoms with Gasteiger partial charge in [0.05, 0.1) is 6.54 Å². The van der Waals surface area contributed by atoms with Crippen molar-refractivity contribution in [1.82, 2.24) is 20.0 Å². The van der Waals surface area contributed by atoms with Gasteiger partial charge >= 0.3 is 0 Å². The first-order valence-electron chi connectivity index (χ1n) is 8.63. The van der Waals surface area contributed by atoms with Gasteiger partial charge < -0.3 is 5.32 Å². The van der Waals surface area contributed by atoms with Gasteiger partial charge in [0.25, 0.3) is 0 Å². The predicted molar refractivity (Wildman–Crippen MR) is 86.2 cm³/mol. The summed E-state index contributed by atoms with van der Waals surface area (Å²) in [7, 11) is 0. The molecule has 1 N–H and O–H groups in total. The predicted octanol–water partition coefficient (Wildman–Crippen LogP) is 2.52. The normalized spacial score (nSPS) is 26.0. The number of rotatable bonds is 5. The van der Waals surface area contributed by atoms with Crippen LogP contribution < -0.4 is 5.32 Å². The van der Waals surface area contributed by atoms with Crippen molar-refractivity contribution in [3.05, 3.63) is 18.5 Å². The SMILES string of the molecule is CC(C)CC1CNC2(CCCC2)CN1CCn1cccn1. The second-order valence-corrected chi connectivity index (χ2v) is 7.39. The van der Waals surface area contributed by atoms with Crippen LogP contribution in [-0.4, -0.2) is 45.9 Å². The standard InChI is InChI=1S/C17H30N4/c1-15(2)12-16-13-18-17(6-3-4-7-17)14-20(16)10-11-21-9-5-8-19-21/h5,8-9,15-16,18H,3-4,6-7,10-14H2,1-2H3. The number of hydrogen-bond acceptors (Lipinski definition) is 3. The Morgan fingerprint density at radius 3 is 2.76 bits per heavy atom. The molecule has 2 heterocycles. The monoisotopic (exact) mass is 290 g/mol. The molecule has 1 saturated heterocycles. The zero-order chi connectivity index (χ0) is 14.7. The molecular formula is C17H30N4. The summed E-state index contributed by atoms with van der Waals surface area (Å²) in [6, 6.07) is 2.70. The van der Waals surface area contributed by atoms with Crippen LogP contribution in [0.4, 0.5) is 0 Å². The summed E-state index contributed by atoms with van der Waals surface area (Å²) in [6.07, 6.45) is 10.8. The highest BCUT2D eigenvalue weighted by atomic mass is 15.3. The lowest BCUT2D eigenvalue weighted by Crippen LogP contribution is -2.63. The molecular weight excluding hydrogens is 260 g/mol. The van der Waals surface area contributed by atoms with Gasteiger partial charge in [-0.25, -0.2) is 0 Å². The van der Waals surface area contributed by atoms with Gasteiger partial charge in [-0.05, 0) is 31.2 Å². The minimum Gasteiger partial charge on any atom is -0.308 e. The molecule has 1 unspecified atom stereocenters. The van der Waals surface area contributed by atoms with Crippen LogP contribution in [0.25, 0.3) is 0 Å². The molecule has 4 nitrogen and oxygen atoms in total. The molecule has 0 amide bonds. The molecule has 1 saturated carbocycles. The van der Waals surface area contributed by atoms with Crippen LogP contribution in [0.1, 0.15) is 46.0 Å². The van der Waals surface area contributed by atoms with Crippen molar-refractivity contribution in [1.29, 1.82) is 0 Å². The van der Waals surface area contributed by atoms with Gasteiger partial charge in [-0.3, -0.25) is 9.58 Å². The molecule has 0 aromatic carbocycles. The van der Waals surface area contributed by atoms with E-state index >= 15 is 0 Å². The average Bonchev–Trinajstić information content (AvgIpc) is 3.11. The van der Waals surface area contributed by atoms with Crippen LogP contribution in [0.2, 0.25) is 0 Å².